The zero-order valence-corrected chi connectivity index (χ0v) is 16.6. The molecular weight excluding hydrogens is 354 g/mol. The van der Waals surface area contributed by atoms with Crippen LogP contribution in [0, 0.1) is 5.92 Å². The van der Waals surface area contributed by atoms with Crippen LogP contribution in [0.2, 0.25) is 0 Å². The lowest BCUT2D eigenvalue weighted by Crippen LogP contribution is -2.42. The van der Waals surface area contributed by atoms with Gasteiger partial charge in [-0.1, -0.05) is 18.2 Å². The monoisotopic (exact) mass is 381 g/mol. The summed E-state index contributed by atoms with van der Waals surface area (Å²) in [5, 5.41) is 0. The van der Waals surface area contributed by atoms with Gasteiger partial charge in [0.15, 0.2) is 15.6 Å². The lowest BCUT2D eigenvalue weighted by Gasteiger charge is -2.33. The Kier molecular flexibility index (Phi) is 6.11. The normalized spacial score (nSPS) is 16.4. The number of piperidine rings is 1. The first kappa shape index (κ1) is 20.4. The van der Waals surface area contributed by atoms with Crippen molar-refractivity contribution in [2.45, 2.75) is 50.5 Å². The number of carbonyl (C=O) groups excluding carboxylic acids is 2. The van der Waals surface area contributed by atoms with Crippen LogP contribution in [0.1, 0.15) is 50.4 Å². The van der Waals surface area contributed by atoms with Crippen LogP contribution in [0.4, 0.5) is 4.79 Å². The van der Waals surface area contributed by atoms with Gasteiger partial charge in [-0.25, -0.2) is 13.2 Å². The molecule has 1 fully saturated rings. The summed E-state index contributed by atoms with van der Waals surface area (Å²) in [6, 6.07) is 6.32. The molecule has 26 heavy (non-hydrogen) atoms. The molecule has 0 spiro atoms. The first-order valence-electron chi connectivity index (χ1n) is 8.77. The number of hydrogen-bond donors (Lipinski definition) is 0. The number of hydrogen-bond acceptors (Lipinski definition) is 5. The van der Waals surface area contributed by atoms with Crippen molar-refractivity contribution in [3.05, 3.63) is 29.8 Å². The average Bonchev–Trinajstić information content (AvgIpc) is 2.53. The van der Waals surface area contributed by atoms with E-state index in [4.69, 9.17) is 4.74 Å². The minimum atomic E-state index is -3.45. The molecular formula is C19H27NO5S. The van der Waals surface area contributed by atoms with Crippen LogP contribution in [-0.4, -0.2) is 50.1 Å². The molecule has 0 aliphatic carbocycles. The number of rotatable bonds is 4. The zero-order valence-electron chi connectivity index (χ0n) is 15.8. The molecule has 0 unspecified atom stereocenters. The molecule has 144 valence electrons. The maximum atomic E-state index is 12.6. The van der Waals surface area contributed by atoms with Gasteiger partial charge in [-0.2, -0.15) is 0 Å². The topological polar surface area (TPSA) is 80.8 Å². The second-order valence-electron chi connectivity index (χ2n) is 7.81. The highest BCUT2D eigenvalue weighted by Gasteiger charge is 2.28. The Hall–Kier alpha value is -1.89. The van der Waals surface area contributed by atoms with Crippen molar-refractivity contribution in [2.24, 2.45) is 5.92 Å². The van der Waals surface area contributed by atoms with E-state index in [0.717, 1.165) is 6.26 Å². The standard InChI is InChI=1S/C19H27NO5S/c1-19(2,3)25-18(22)20-11-9-14(10-12-20)13-16(21)15-7-5-6-8-17(15)26(4,23)24/h5-8,14H,9-13H2,1-4H3. The second-order valence-corrected chi connectivity index (χ2v) is 9.79. The average molecular weight is 381 g/mol. The molecule has 0 aromatic heterocycles. The maximum Gasteiger partial charge on any atom is 0.410 e. The van der Waals surface area contributed by atoms with Gasteiger partial charge in [0.05, 0.1) is 4.90 Å². The van der Waals surface area contributed by atoms with Crippen LogP contribution in [0.25, 0.3) is 0 Å². The van der Waals surface area contributed by atoms with Crippen LogP contribution in [0.15, 0.2) is 29.2 Å². The Morgan fingerprint density at radius 3 is 2.27 bits per heavy atom. The molecule has 1 aliphatic rings. The van der Waals surface area contributed by atoms with E-state index >= 15 is 0 Å². The van der Waals surface area contributed by atoms with Gasteiger partial charge in [0.2, 0.25) is 0 Å². The Bertz CT molecular complexity index is 771. The summed E-state index contributed by atoms with van der Waals surface area (Å²) >= 11 is 0. The summed E-state index contributed by atoms with van der Waals surface area (Å²) in [7, 11) is -3.45. The minimum Gasteiger partial charge on any atom is -0.444 e. The van der Waals surface area contributed by atoms with E-state index in [0.29, 0.717) is 25.9 Å². The molecule has 7 heteroatoms. The Balaban J connectivity index is 1.96. The molecule has 0 bridgehead atoms. The fourth-order valence-corrected chi connectivity index (χ4v) is 3.95. The van der Waals surface area contributed by atoms with Gasteiger partial charge < -0.3 is 9.64 Å². The number of benzene rings is 1. The van der Waals surface area contributed by atoms with Crippen molar-refractivity contribution in [3.8, 4) is 0 Å². The molecule has 0 N–H and O–H groups in total. The molecule has 0 saturated carbocycles. The highest BCUT2D eigenvalue weighted by Crippen LogP contribution is 2.25. The number of Topliss-reactive ketones (excluding diaryl/α,β-unsaturated/α-hetero) is 1. The lowest BCUT2D eigenvalue weighted by molar-refractivity contribution is 0.0183. The van der Waals surface area contributed by atoms with Crippen molar-refractivity contribution < 1.29 is 22.7 Å². The van der Waals surface area contributed by atoms with E-state index in [1.165, 1.54) is 6.07 Å². The summed E-state index contributed by atoms with van der Waals surface area (Å²) in [6.45, 7) is 6.57. The SMILES string of the molecule is CC(C)(C)OC(=O)N1CCC(CC(=O)c2ccccc2S(C)(=O)=O)CC1. The van der Waals surface area contributed by atoms with Gasteiger partial charge in [-0.15, -0.1) is 0 Å². The smallest absolute Gasteiger partial charge is 0.410 e. The number of ketones is 1. The highest BCUT2D eigenvalue weighted by molar-refractivity contribution is 7.90. The number of sulfone groups is 1. The van der Waals surface area contributed by atoms with Crippen LogP contribution in [0.3, 0.4) is 0 Å². The molecule has 0 atom stereocenters. The molecule has 1 saturated heterocycles. The second kappa shape index (κ2) is 7.78. The van der Waals surface area contributed by atoms with Gasteiger partial charge in [0.1, 0.15) is 5.60 Å². The molecule has 6 nitrogen and oxygen atoms in total. The molecule has 1 aromatic rings. The predicted molar refractivity (Wildman–Crippen MR) is 99.0 cm³/mol. The lowest BCUT2D eigenvalue weighted by atomic mass is 9.90. The maximum absolute atomic E-state index is 12.6. The third-order valence-corrected chi connectivity index (χ3v) is 5.48. The van der Waals surface area contributed by atoms with E-state index < -0.39 is 15.4 Å². The van der Waals surface area contributed by atoms with Crippen LogP contribution >= 0.6 is 0 Å². The molecule has 1 heterocycles. The molecule has 0 radical (unpaired) electrons. The molecule has 2 rings (SSSR count). The van der Waals surface area contributed by atoms with Gasteiger partial charge in [-0.3, -0.25) is 4.79 Å². The number of ether oxygens (including phenoxy) is 1. The van der Waals surface area contributed by atoms with E-state index in [-0.39, 0.29) is 34.7 Å². The third-order valence-electron chi connectivity index (χ3n) is 4.33. The minimum absolute atomic E-state index is 0.0798. The van der Waals surface area contributed by atoms with Crippen LogP contribution in [0.5, 0.6) is 0 Å². The largest absolute Gasteiger partial charge is 0.444 e. The Morgan fingerprint density at radius 2 is 1.73 bits per heavy atom. The fourth-order valence-electron chi connectivity index (χ4n) is 3.04. The van der Waals surface area contributed by atoms with E-state index in [1.54, 1.807) is 23.1 Å². The fraction of sp³-hybridized carbons (Fsp3) is 0.579. The third kappa shape index (κ3) is 5.56. The number of nitrogens with zero attached hydrogens (tertiary/aromatic N) is 1. The predicted octanol–water partition coefficient (Wildman–Crippen LogP) is 3.31. The first-order chi connectivity index (χ1) is 12.0. The summed E-state index contributed by atoms with van der Waals surface area (Å²) in [4.78, 5) is 26.4. The zero-order chi connectivity index (χ0) is 19.5. The summed E-state index contributed by atoms with van der Waals surface area (Å²) in [5.41, 5.74) is -0.274. The summed E-state index contributed by atoms with van der Waals surface area (Å²) in [6.07, 6.45) is 2.47. The van der Waals surface area contributed by atoms with Gasteiger partial charge in [-0.05, 0) is 45.6 Å². The van der Waals surface area contributed by atoms with E-state index in [9.17, 15) is 18.0 Å². The molecule has 1 aliphatic heterocycles. The van der Waals surface area contributed by atoms with Crippen molar-refractivity contribution in [2.75, 3.05) is 19.3 Å². The molecule has 1 aromatic carbocycles. The number of likely N-dealkylation sites (tertiary alicyclic amines) is 1. The Labute approximate surface area is 155 Å². The van der Waals surface area contributed by atoms with Gasteiger partial charge in [0.25, 0.3) is 0 Å². The van der Waals surface area contributed by atoms with Gasteiger partial charge in [0, 0.05) is 31.3 Å². The summed E-state index contributed by atoms with van der Waals surface area (Å²) < 4.78 is 29.1. The van der Waals surface area contributed by atoms with Gasteiger partial charge >= 0.3 is 6.09 Å². The van der Waals surface area contributed by atoms with Crippen LogP contribution < -0.4 is 0 Å². The van der Waals surface area contributed by atoms with E-state index in [1.807, 2.05) is 20.8 Å². The number of carbonyl (C=O) groups is 2. The van der Waals surface area contributed by atoms with Crippen molar-refractivity contribution in [1.29, 1.82) is 0 Å². The molecule has 1 amide bonds. The summed E-state index contributed by atoms with van der Waals surface area (Å²) in [5.74, 6) is -0.0319. The first-order valence-corrected chi connectivity index (χ1v) is 10.7. The quantitative estimate of drug-likeness (QED) is 0.748. The van der Waals surface area contributed by atoms with Crippen molar-refractivity contribution in [1.82, 2.24) is 4.90 Å². The highest BCUT2D eigenvalue weighted by atomic mass is 32.2. The van der Waals surface area contributed by atoms with Crippen molar-refractivity contribution >= 4 is 21.7 Å². The van der Waals surface area contributed by atoms with E-state index in [2.05, 4.69) is 0 Å². The number of amides is 1. The van der Waals surface area contributed by atoms with Crippen molar-refractivity contribution in [3.63, 3.8) is 0 Å². The Morgan fingerprint density at radius 1 is 1.15 bits per heavy atom. The van der Waals surface area contributed by atoms with Crippen LogP contribution in [-0.2, 0) is 14.6 Å².